The Balaban J connectivity index is 2.37. The number of aliphatic hydroxyl groups is 1. The molecule has 1 heterocycles. The second-order valence-corrected chi connectivity index (χ2v) is 6.07. The molecule has 14 heavy (non-hydrogen) atoms. The fourth-order valence-corrected chi connectivity index (χ4v) is 3.29. The summed E-state index contributed by atoms with van der Waals surface area (Å²) >= 11 is 2.03. The monoisotopic (exact) mass is 217 g/mol. The van der Waals surface area contributed by atoms with E-state index in [0.717, 1.165) is 6.42 Å². The van der Waals surface area contributed by atoms with Crippen molar-refractivity contribution in [3.8, 4) is 0 Å². The van der Waals surface area contributed by atoms with Gasteiger partial charge in [-0.05, 0) is 24.0 Å². The highest BCUT2D eigenvalue weighted by molar-refractivity contribution is 7.99. The van der Waals surface area contributed by atoms with Crippen molar-refractivity contribution < 1.29 is 5.11 Å². The molecule has 2 N–H and O–H groups in total. The highest BCUT2D eigenvalue weighted by atomic mass is 32.2. The quantitative estimate of drug-likeness (QED) is 0.754. The second kappa shape index (κ2) is 5.38. The van der Waals surface area contributed by atoms with Gasteiger partial charge in [-0.1, -0.05) is 20.8 Å². The molecule has 0 saturated carbocycles. The Morgan fingerprint density at radius 3 is 2.79 bits per heavy atom. The maximum absolute atomic E-state index is 9.12. The van der Waals surface area contributed by atoms with Gasteiger partial charge < -0.3 is 10.4 Å². The fraction of sp³-hybridized carbons (Fsp3) is 1.00. The molecule has 0 aromatic heterocycles. The maximum Gasteiger partial charge on any atom is 0.0584 e. The third-order valence-corrected chi connectivity index (χ3v) is 4.42. The minimum Gasteiger partial charge on any atom is -0.395 e. The van der Waals surface area contributed by atoms with Gasteiger partial charge in [-0.25, -0.2) is 0 Å². The largest absolute Gasteiger partial charge is 0.395 e. The van der Waals surface area contributed by atoms with Gasteiger partial charge >= 0.3 is 0 Å². The molecule has 0 aliphatic carbocycles. The number of nitrogens with one attached hydrogen (secondary N) is 1. The third kappa shape index (κ3) is 3.79. The third-order valence-electron chi connectivity index (χ3n) is 2.80. The molecular weight excluding hydrogens is 194 g/mol. The van der Waals surface area contributed by atoms with E-state index in [1.165, 1.54) is 17.9 Å². The molecule has 1 aliphatic rings. The Morgan fingerprint density at radius 1 is 1.57 bits per heavy atom. The molecule has 0 amide bonds. The van der Waals surface area contributed by atoms with Gasteiger partial charge in [-0.3, -0.25) is 0 Å². The van der Waals surface area contributed by atoms with Gasteiger partial charge in [0.1, 0.15) is 0 Å². The van der Waals surface area contributed by atoms with Crippen LogP contribution >= 0.6 is 11.8 Å². The van der Waals surface area contributed by atoms with Crippen molar-refractivity contribution in [2.24, 2.45) is 5.41 Å². The van der Waals surface area contributed by atoms with Crippen LogP contribution in [0.25, 0.3) is 0 Å². The lowest BCUT2D eigenvalue weighted by molar-refractivity contribution is 0.214. The zero-order valence-corrected chi connectivity index (χ0v) is 10.4. The lowest BCUT2D eigenvalue weighted by atomic mass is 9.87. The minimum atomic E-state index is 0.262. The van der Waals surface area contributed by atoms with Crippen molar-refractivity contribution in [3.05, 3.63) is 0 Å². The Morgan fingerprint density at radius 2 is 2.29 bits per heavy atom. The number of aliphatic hydroxyl groups excluding tert-OH is 1. The molecule has 3 heteroatoms. The minimum absolute atomic E-state index is 0.262. The van der Waals surface area contributed by atoms with E-state index in [-0.39, 0.29) is 12.6 Å². The van der Waals surface area contributed by atoms with Crippen molar-refractivity contribution >= 4 is 11.8 Å². The SMILES string of the molecule is CCC(CO)NC1CSCC(C)(C)C1. The summed E-state index contributed by atoms with van der Waals surface area (Å²) in [4.78, 5) is 0. The summed E-state index contributed by atoms with van der Waals surface area (Å²) in [6.45, 7) is 7.04. The lowest BCUT2D eigenvalue weighted by Gasteiger charge is -2.36. The standard InChI is InChI=1S/C11H23NOS/c1-4-9(6-13)12-10-5-11(2,3)8-14-7-10/h9-10,12-13H,4-8H2,1-3H3. The normalized spacial score (nSPS) is 28.7. The van der Waals surface area contributed by atoms with Crippen LogP contribution in [0, 0.1) is 5.41 Å². The van der Waals surface area contributed by atoms with Crippen LogP contribution < -0.4 is 5.32 Å². The van der Waals surface area contributed by atoms with Crippen LogP contribution in [-0.2, 0) is 0 Å². The van der Waals surface area contributed by atoms with E-state index in [0.29, 0.717) is 11.5 Å². The molecule has 0 bridgehead atoms. The molecule has 2 unspecified atom stereocenters. The average Bonchev–Trinajstić information content (AvgIpc) is 2.12. The van der Waals surface area contributed by atoms with E-state index in [4.69, 9.17) is 5.11 Å². The van der Waals surface area contributed by atoms with Crippen LogP contribution in [0.4, 0.5) is 0 Å². The Labute approximate surface area is 91.9 Å². The lowest BCUT2D eigenvalue weighted by Crippen LogP contribution is -2.46. The van der Waals surface area contributed by atoms with Crippen molar-refractivity contribution in [2.75, 3.05) is 18.1 Å². The molecule has 1 saturated heterocycles. The van der Waals surface area contributed by atoms with E-state index in [2.05, 4.69) is 26.1 Å². The van der Waals surface area contributed by atoms with Crippen molar-refractivity contribution in [2.45, 2.75) is 45.7 Å². The van der Waals surface area contributed by atoms with Crippen molar-refractivity contribution in [1.82, 2.24) is 5.32 Å². The van der Waals surface area contributed by atoms with E-state index in [9.17, 15) is 0 Å². The van der Waals surface area contributed by atoms with Crippen molar-refractivity contribution in [1.29, 1.82) is 0 Å². The van der Waals surface area contributed by atoms with Gasteiger partial charge in [0.05, 0.1) is 6.61 Å². The summed E-state index contributed by atoms with van der Waals surface area (Å²) < 4.78 is 0. The second-order valence-electron chi connectivity index (χ2n) is 5.03. The van der Waals surface area contributed by atoms with Gasteiger partial charge in [0.25, 0.3) is 0 Å². The van der Waals surface area contributed by atoms with Crippen molar-refractivity contribution in [3.63, 3.8) is 0 Å². The number of rotatable bonds is 4. The summed E-state index contributed by atoms with van der Waals surface area (Å²) in [6, 6.07) is 0.871. The van der Waals surface area contributed by atoms with Crippen LogP contribution in [-0.4, -0.2) is 35.3 Å². The Hall–Kier alpha value is 0.270. The van der Waals surface area contributed by atoms with Gasteiger partial charge in [-0.2, -0.15) is 11.8 Å². The highest BCUT2D eigenvalue weighted by Gasteiger charge is 2.29. The molecule has 1 rings (SSSR count). The fourth-order valence-electron chi connectivity index (χ4n) is 2.00. The van der Waals surface area contributed by atoms with Crippen LogP contribution in [0.5, 0.6) is 0 Å². The van der Waals surface area contributed by atoms with Gasteiger partial charge in [0.2, 0.25) is 0 Å². The first-order valence-corrected chi connectivity index (χ1v) is 6.67. The summed E-state index contributed by atoms with van der Waals surface area (Å²) in [7, 11) is 0. The molecule has 0 aromatic carbocycles. The maximum atomic E-state index is 9.12. The summed E-state index contributed by atoms with van der Waals surface area (Å²) in [5.74, 6) is 2.46. The molecule has 84 valence electrons. The van der Waals surface area contributed by atoms with Gasteiger partial charge in [0, 0.05) is 17.8 Å². The van der Waals surface area contributed by atoms with E-state index >= 15 is 0 Å². The van der Waals surface area contributed by atoms with Crippen LogP contribution in [0.2, 0.25) is 0 Å². The predicted octanol–water partition coefficient (Wildman–Crippen LogP) is 1.88. The van der Waals surface area contributed by atoms with E-state index < -0.39 is 0 Å². The Kier molecular flexibility index (Phi) is 4.74. The van der Waals surface area contributed by atoms with Crippen LogP contribution in [0.15, 0.2) is 0 Å². The molecule has 2 atom stereocenters. The average molecular weight is 217 g/mol. The van der Waals surface area contributed by atoms with Gasteiger partial charge in [0.15, 0.2) is 0 Å². The van der Waals surface area contributed by atoms with E-state index in [1.54, 1.807) is 0 Å². The molecule has 0 radical (unpaired) electrons. The Bertz CT molecular complexity index is 169. The molecule has 0 aromatic rings. The summed E-state index contributed by atoms with van der Waals surface area (Å²) in [6.07, 6.45) is 2.24. The first-order chi connectivity index (χ1) is 6.57. The van der Waals surface area contributed by atoms with E-state index in [1.807, 2.05) is 11.8 Å². The van der Waals surface area contributed by atoms with Crippen LogP contribution in [0.3, 0.4) is 0 Å². The van der Waals surface area contributed by atoms with Gasteiger partial charge in [-0.15, -0.1) is 0 Å². The summed E-state index contributed by atoms with van der Waals surface area (Å²) in [5.41, 5.74) is 0.453. The molecule has 2 nitrogen and oxygen atoms in total. The topological polar surface area (TPSA) is 32.3 Å². The first kappa shape index (κ1) is 12.3. The molecule has 1 aliphatic heterocycles. The molecule has 1 fully saturated rings. The molecule has 0 spiro atoms. The zero-order chi connectivity index (χ0) is 10.6. The smallest absolute Gasteiger partial charge is 0.0584 e. The number of hydrogen-bond donors (Lipinski definition) is 2. The number of thioether (sulfide) groups is 1. The zero-order valence-electron chi connectivity index (χ0n) is 9.55. The molecular formula is C11H23NOS. The number of hydrogen-bond acceptors (Lipinski definition) is 3. The highest BCUT2D eigenvalue weighted by Crippen LogP contribution is 2.33. The summed E-state index contributed by atoms with van der Waals surface area (Å²) in [5, 5.41) is 12.7. The van der Waals surface area contributed by atoms with Crippen LogP contribution in [0.1, 0.15) is 33.6 Å². The predicted molar refractivity (Wildman–Crippen MR) is 63.8 cm³/mol. The first-order valence-electron chi connectivity index (χ1n) is 5.52.